The second kappa shape index (κ2) is 7.71. The molecule has 2 N–H and O–H groups in total. The van der Waals surface area contributed by atoms with Gasteiger partial charge in [-0.15, -0.1) is 6.58 Å². The number of thiocarbonyl (C=S) groups is 1. The van der Waals surface area contributed by atoms with Crippen molar-refractivity contribution in [2.75, 3.05) is 19.6 Å². The van der Waals surface area contributed by atoms with Gasteiger partial charge in [0.15, 0.2) is 5.11 Å². The zero-order valence-electron chi connectivity index (χ0n) is 12.4. The van der Waals surface area contributed by atoms with Gasteiger partial charge in [-0.2, -0.15) is 4.31 Å². The van der Waals surface area contributed by atoms with Crippen molar-refractivity contribution in [3.63, 3.8) is 0 Å². The van der Waals surface area contributed by atoms with Crippen LogP contribution in [0.3, 0.4) is 0 Å². The predicted molar refractivity (Wildman–Crippen MR) is 92.1 cm³/mol. The lowest BCUT2D eigenvalue weighted by molar-refractivity contribution is 0.477. The molecule has 1 aliphatic rings. The summed E-state index contributed by atoms with van der Waals surface area (Å²) < 4.78 is 26.4. The lowest BCUT2D eigenvalue weighted by Crippen LogP contribution is -2.34. The Bertz CT molecular complexity index is 621. The Kier molecular flexibility index (Phi) is 5.93. The molecule has 5 nitrogen and oxygen atoms in total. The highest BCUT2D eigenvalue weighted by atomic mass is 32.2. The van der Waals surface area contributed by atoms with Crippen molar-refractivity contribution < 1.29 is 8.42 Å². The first kappa shape index (κ1) is 16.9. The van der Waals surface area contributed by atoms with Crippen molar-refractivity contribution in [1.82, 2.24) is 14.9 Å². The van der Waals surface area contributed by atoms with E-state index in [1.165, 1.54) is 0 Å². The number of hydrogen-bond donors (Lipinski definition) is 2. The maximum absolute atomic E-state index is 12.4. The molecule has 1 saturated heterocycles. The number of sulfonamides is 1. The molecule has 0 saturated carbocycles. The molecule has 0 aliphatic carbocycles. The van der Waals surface area contributed by atoms with Crippen molar-refractivity contribution in [3.8, 4) is 0 Å². The summed E-state index contributed by atoms with van der Waals surface area (Å²) in [6.07, 6.45) is 3.61. The van der Waals surface area contributed by atoms with Gasteiger partial charge in [0.25, 0.3) is 0 Å². The van der Waals surface area contributed by atoms with Gasteiger partial charge < -0.3 is 10.6 Å². The molecule has 1 fully saturated rings. The van der Waals surface area contributed by atoms with Crippen molar-refractivity contribution in [3.05, 3.63) is 42.5 Å². The van der Waals surface area contributed by atoms with Crippen LogP contribution in [-0.4, -0.2) is 37.5 Å². The van der Waals surface area contributed by atoms with Crippen LogP contribution in [0.15, 0.2) is 41.8 Å². The maximum Gasteiger partial charge on any atom is 0.243 e. The van der Waals surface area contributed by atoms with Gasteiger partial charge in [0.2, 0.25) is 10.0 Å². The summed E-state index contributed by atoms with van der Waals surface area (Å²) in [6, 6.07) is 6.94. The van der Waals surface area contributed by atoms with Crippen LogP contribution >= 0.6 is 12.2 Å². The van der Waals surface area contributed by atoms with E-state index in [0.29, 0.717) is 36.2 Å². The highest BCUT2D eigenvalue weighted by Crippen LogP contribution is 2.20. The summed E-state index contributed by atoms with van der Waals surface area (Å²) in [6.45, 7) is 6.00. The lowest BCUT2D eigenvalue weighted by Gasteiger charge is -2.15. The fourth-order valence-corrected chi connectivity index (χ4v) is 3.94. The molecule has 7 heteroatoms. The number of benzene rings is 1. The molecule has 1 heterocycles. The van der Waals surface area contributed by atoms with E-state index >= 15 is 0 Å². The summed E-state index contributed by atoms with van der Waals surface area (Å²) in [4.78, 5) is 0.352. The predicted octanol–water partition coefficient (Wildman–Crippen LogP) is 1.62. The first-order valence-electron chi connectivity index (χ1n) is 7.26. The van der Waals surface area contributed by atoms with Crippen LogP contribution in [0.1, 0.15) is 18.4 Å². The minimum absolute atomic E-state index is 0.352. The molecule has 2 rings (SSSR count). The molecule has 0 aromatic heterocycles. The number of rotatable bonds is 6. The van der Waals surface area contributed by atoms with Crippen molar-refractivity contribution >= 4 is 27.4 Å². The first-order chi connectivity index (χ1) is 10.5. The van der Waals surface area contributed by atoms with E-state index < -0.39 is 10.0 Å². The third-order valence-corrected chi connectivity index (χ3v) is 5.69. The van der Waals surface area contributed by atoms with E-state index in [-0.39, 0.29) is 0 Å². The van der Waals surface area contributed by atoms with Gasteiger partial charge in [-0.05, 0) is 42.8 Å². The topological polar surface area (TPSA) is 61.4 Å². The second-order valence-electron chi connectivity index (χ2n) is 5.11. The molecule has 1 aliphatic heterocycles. The molecule has 0 amide bonds. The van der Waals surface area contributed by atoms with E-state index in [1.807, 2.05) is 12.1 Å². The SMILES string of the molecule is C=CCNC(=S)NCc1ccc(S(=O)(=O)N2CCCC2)cc1. The van der Waals surface area contributed by atoms with Crippen molar-refractivity contribution in [2.24, 2.45) is 0 Å². The van der Waals surface area contributed by atoms with E-state index in [1.54, 1.807) is 22.5 Å². The summed E-state index contributed by atoms with van der Waals surface area (Å²) in [5.74, 6) is 0. The highest BCUT2D eigenvalue weighted by Gasteiger charge is 2.26. The number of hydrogen-bond acceptors (Lipinski definition) is 3. The van der Waals surface area contributed by atoms with Crippen LogP contribution in [0.5, 0.6) is 0 Å². The minimum atomic E-state index is -3.34. The normalized spacial score (nSPS) is 15.5. The van der Waals surface area contributed by atoms with Crippen LogP contribution in [0, 0.1) is 0 Å². The fourth-order valence-electron chi connectivity index (χ4n) is 2.27. The maximum atomic E-state index is 12.4. The molecular weight excluding hydrogens is 318 g/mol. The van der Waals surface area contributed by atoms with Gasteiger partial charge in [-0.3, -0.25) is 0 Å². The van der Waals surface area contributed by atoms with Gasteiger partial charge in [0.05, 0.1) is 4.90 Å². The Labute approximate surface area is 137 Å². The zero-order valence-corrected chi connectivity index (χ0v) is 14.0. The largest absolute Gasteiger partial charge is 0.359 e. The molecule has 0 unspecified atom stereocenters. The summed E-state index contributed by atoms with van der Waals surface area (Å²) >= 11 is 5.10. The molecule has 0 spiro atoms. The fraction of sp³-hybridized carbons (Fsp3) is 0.400. The summed E-state index contributed by atoms with van der Waals surface area (Å²) in [5.41, 5.74) is 0.975. The van der Waals surface area contributed by atoms with Crippen LogP contribution < -0.4 is 10.6 Å². The molecule has 22 heavy (non-hydrogen) atoms. The van der Waals surface area contributed by atoms with Crippen molar-refractivity contribution in [2.45, 2.75) is 24.3 Å². The van der Waals surface area contributed by atoms with Crippen LogP contribution in [0.4, 0.5) is 0 Å². The van der Waals surface area contributed by atoms with E-state index in [4.69, 9.17) is 12.2 Å². The smallest absolute Gasteiger partial charge is 0.243 e. The second-order valence-corrected chi connectivity index (χ2v) is 7.45. The molecule has 0 radical (unpaired) electrons. The Balaban J connectivity index is 1.95. The average Bonchev–Trinajstić information content (AvgIpc) is 3.06. The zero-order chi connectivity index (χ0) is 16.0. The molecule has 0 bridgehead atoms. The Morgan fingerprint density at radius 3 is 2.45 bits per heavy atom. The third kappa shape index (κ3) is 4.28. The van der Waals surface area contributed by atoms with Crippen LogP contribution in [0.25, 0.3) is 0 Å². The van der Waals surface area contributed by atoms with E-state index in [9.17, 15) is 8.42 Å². The number of nitrogens with one attached hydrogen (secondary N) is 2. The van der Waals surface area contributed by atoms with Gasteiger partial charge >= 0.3 is 0 Å². The van der Waals surface area contributed by atoms with Crippen molar-refractivity contribution in [1.29, 1.82) is 0 Å². The Morgan fingerprint density at radius 2 is 1.86 bits per heavy atom. The van der Waals surface area contributed by atoms with Crippen LogP contribution in [0.2, 0.25) is 0 Å². The Hall–Kier alpha value is -1.44. The molecule has 1 aromatic carbocycles. The summed E-state index contributed by atoms with van der Waals surface area (Å²) in [5, 5.41) is 6.58. The van der Waals surface area contributed by atoms with Gasteiger partial charge in [0, 0.05) is 26.2 Å². The summed E-state index contributed by atoms with van der Waals surface area (Å²) in [7, 11) is -3.34. The van der Waals surface area contributed by atoms with Gasteiger partial charge in [-0.1, -0.05) is 18.2 Å². The minimum Gasteiger partial charge on any atom is -0.359 e. The molecule has 120 valence electrons. The first-order valence-corrected chi connectivity index (χ1v) is 9.10. The molecule has 1 aromatic rings. The monoisotopic (exact) mass is 339 g/mol. The highest BCUT2D eigenvalue weighted by molar-refractivity contribution is 7.89. The van der Waals surface area contributed by atoms with Crippen LogP contribution in [-0.2, 0) is 16.6 Å². The standard InChI is InChI=1S/C15H21N3O2S2/c1-2-9-16-15(21)17-12-13-5-7-14(8-6-13)22(19,20)18-10-3-4-11-18/h2,5-8H,1,3-4,9-12H2,(H2,16,17,21). The average molecular weight is 339 g/mol. The van der Waals surface area contributed by atoms with E-state index in [0.717, 1.165) is 18.4 Å². The van der Waals surface area contributed by atoms with Gasteiger partial charge in [-0.25, -0.2) is 8.42 Å². The molecular formula is C15H21N3O2S2. The van der Waals surface area contributed by atoms with Gasteiger partial charge in [0.1, 0.15) is 0 Å². The lowest BCUT2D eigenvalue weighted by atomic mass is 10.2. The number of nitrogens with zero attached hydrogens (tertiary/aromatic N) is 1. The quantitative estimate of drug-likeness (QED) is 0.609. The Morgan fingerprint density at radius 1 is 1.23 bits per heavy atom. The third-order valence-electron chi connectivity index (χ3n) is 3.49. The van der Waals surface area contributed by atoms with E-state index in [2.05, 4.69) is 17.2 Å². The molecule has 0 atom stereocenters.